The number of anilines is 1. The van der Waals surface area contributed by atoms with Gasteiger partial charge in [-0.2, -0.15) is 0 Å². The number of methoxy groups -OCH3 is 1. The summed E-state index contributed by atoms with van der Waals surface area (Å²) in [6.07, 6.45) is 4.35. The van der Waals surface area contributed by atoms with E-state index in [1.807, 2.05) is 0 Å². The Kier molecular flexibility index (Phi) is 5.43. The monoisotopic (exact) mass is 440 g/mol. The Hall–Kier alpha value is -3.72. The highest BCUT2D eigenvalue weighted by Crippen LogP contribution is 2.36. The van der Waals surface area contributed by atoms with Crippen LogP contribution in [0.1, 0.15) is 11.5 Å². The van der Waals surface area contributed by atoms with Gasteiger partial charge in [-0.3, -0.25) is 24.7 Å². The molecule has 1 aromatic carbocycles. The van der Waals surface area contributed by atoms with Gasteiger partial charge in [0.15, 0.2) is 0 Å². The summed E-state index contributed by atoms with van der Waals surface area (Å²) in [5.41, 5.74) is 0.848. The van der Waals surface area contributed by atoms with Gasteiger partial charge in [0, 0.05) is 23.3 Å². The van der Waals surface area contributed by atoms with Crippen LogP contribution in [-0.2, 0) is 14.4 Å². The predicted octanol–water partition coefficient (Wildman–Crippen LogP) is 1.78. The molecule has 4 rings (SSSR count). The van der Waals surface area contributed by atoms with Crippen LogP contribution in [-0.4, -0.2) is 42.4 Å². The Balaban J connectivity index is 1.84. The van der Waals surface area contributed by atoms with Gasteiger partial charge in [-0.25, -0.2) is 9.69 Å². The first-order chi connectivity index (χ1) is 14.9. The van der Waals surface area contributed by atoms with Crippen LogP contribution < -0.4 is 20.3 Å². The normalized spacial score (nSPS) is 21.4. The fourth-order valence-corrected chi connectivity index (χ4v) is 3.82. The van der Waals surface area contributed by atoms with Gasteiger partial charge >= 0.3 is 6.03 Å². The number of imide groups is 2. The second kappa shape index (κ2) is 8.19. The molecule has 2 unspecified atom stereocenters. The van der Waals surface area contributed by atoms with Crippen LogP contribution in [0.3, 0.4) is 0 Å². The molecular weight excluding hydrogens is 424 g/mol. The minimum Gasteiger partial charge on any atom is -0.497 e. The Morgan fingerprint density at radius 3 is 2.68 bits per heavy atom. The number of hydrogen-bond donors (Lipinski definition) is 2. The summed E-state index contributed by atoms with van der Waals surface area (Å²) >= 11 is 6.19. The fraction of sp³-hybridized carbons (Fsp3) is 0.190. The number of nitrogens with zero attached hydrogens (tertiary/aromatic N) is 2. The standard InChI is InChI=1S/C21H17ClN4O5/c1-31-14-6-11(5-12(22)7-14)15-8-16(17-10-24-21(30)25-18(17)27)20(29)26(19(15)28)13-3-2-4-23-9-13/h2-9,15,17H,10H2,1H3,(H2,24,25,27,30). The lowest BCUT2D eigenvalue weighted by Crippen LogP contribution is -2.55. The van der Waals surface area contributed by atoms with Gasteiger partial charge in [-0.05, 0) is 35.9 Å². The molecule has 2 aliphatic rings. The summed E-state index contributed by atoms with van der Waals surface area (Å²) < 4.78 is 5.25. The van der Waals surface area contributed by atoms with E-state index in [1.165, 1.54) is 25.6 Å². The van der Waals surface area contributed by atoms with Crippen molar-refractivity contribution < 1.29 is 23.9 Å². The quantitative estimate of drug-likeness (QED) is 0.700. The van der Waals surface area contributed by atoms with Crippen molar-refractivity contribution in [1.29, 1.82) is 0 Å². The molecule has 2 aliphatic heterocycles. The first kappa shape index (κ1) is 20.5. The maximum Gasteiger partial charge on any atom is 0.321 e. The van der Waals surface area contributed by atoms with Gasteiger partial charge in [0.1, 0.15) is 5.75 Å². The summed E-state index contributed by atoms with van der Waals surface area (Å²) in [7, 11) is 1.47. The van der Waals surface area contributed by atoms with Crippen molar-refractivity contribution in [3.63, 3.8) is 0 Å². The number of ether oxygens (including phenoxy) is 1. The molecule has 0 radical (unpaired) electrons. The largest absolute Gasteiger partial charge is 0.497 e. The number of carbonyl (C=O) groups excluding carboxylic acids is 4. The Morgan fingerprint density at radius 2 is 2.00 bits per heavy atom. The number of hydrogen-bond acceptors (Lipinski definition) is 6. The van der Waals surface area contributed by atoms with Crippen LogP contribution >= 0.6 is 11.6 Å². The maximum atomic E-state index is 13.4. The number of benzene rings is 1. The zero-order chi connectivity index (χ0) is 22.1. The van der Waals surface area contributed by atoms with E-state index in [-0.39, 0.29) is 17.8 Å². The summed E-state index contributed by atoms with van der Waals surface area (Å²) in [4.78, 5) is 55.6. The first-order valence-electron chi connectivity index (χ1n) is 9.32. The molecule has 0 bridgehead atoms. The number of nitrogens with one attached hydrogen (secondary N) is 2. The molecule has 5 amide bonds. The minimum absolute atomic E-state index is 0.0666. The predicted molar refractivity (Wildman–Crippen MR) is 111 cm³/mol. The van der Waals surface area contributed by atoms with E-state index in [4.69, 9.17) is 16.3 Å². The minimum atomic E-state index is -0.957. The third kappa shape index (κ3) is 3.87. The summed E-state index contributed by atoms with van der Waals surface area (Å²) in [6, 6.07) is 7.37. The van der Waals surface area contributed by atoms with Gasteiger partial charge < -0.3 is 10.1 Å². The van der Waals surface area contributed by atoms with E-state index in [0.717, 1.165) is 4.90 Å². The van der Waals surface area contributed by atoms with Crippen molar-refractivity contribution in [1.82, 2.24) is 15.6 Å². The first-order valence-corrected chi connectivity index (χ1v) is 9.70. The molecule has 2 atom stereocenters. The number of halogens is 1. The summed E-state index contributed by atoms with van der Waals surface area (Å²) in [5, 5.41) is 5.01. The highest BCUT2D eigenvalue weighted by atomic mass is 35.5. The van der Waals surface area contributed by atoms with Crippen molar-refractivity contribution in [2.75, 3.05) is 18.6 Å². The molecule has 1 saturated heterocycles. The number of aromatic nitrogens is 1. The number of rotatable bonds is 4. The third-order valence-electron chi connectivity index (χ3n) is 5.07. The van der Waals surface area contributed by atoms with Crippen LogP contribution in [0.5, 0.6) is 5.75 Å². The van der Waals surface area contributed by atoms with Gasteiger partial charge in [-0.1, -0.05) is 17.7 Å². The molecule has 158 valence electrons. The molecule has 0 spiro atoms. The van der Waals surface area contributed by atoms with E-state index < -0.39 is 35.6 Å². The SMILES string of the molecule is COc1cc(Cl)cc(C2C=C(C3CNC(=O)NC3=O)C(=O)N(c3cccnc3)C2=O)c1. The fourth-order valence-electron chi connectivity index (χ4n) is 3.59. The van der Waals surface area contributed by atoms with Crippen molar-refractivity contribution in [3.8, 4) is 5.75 Å². The number of amides is 5. The molecule has 1 aromatic heterocycles. The van der Waals surface area contributed by atoms with Crippen LogP contribution in [0.25, 0.3) is 0 Å². The second-order valence-corrected chi connectivity index (χ2v) is 7.40. The van der Waals surface area contributed by atoms with Gasteiger partial charge in [0.2, 0.25) is 11.8 Å². The van der Waals surface area contributed by atoms with Crippen molar-refractivity contribution >= 4 is 41.0 Å². The molecule has 9 nitrogen and oxygen atoms in total. The molecule has 0 aliphatic carbocycles. The highest BCUT2D eigenvalue weighted by molar-refractivity contribution is 6.31. The van der Waals surface area contributed by atoms with Gasteiger partial charge in [-0.15, -0.1) is 0 Å². The molecule has 1 fully saturated rings. The zero-order valence-electron chi connectivity index (χ0n) is 16.3. The van der Waals surface area contributed by atoms with Crippen molar-refractivity contribution in [2.24, 2.45) is 5.92 Å². The van der Waals surface area contributed by atoms with E-state index in [0.29, 0.717) is 16.3 Å². The Bertz CT molecular complexity index is 1120. The maximum absolute atomic E-state index is 13.4. The molecule has 10 heteroatoms. The second-order valence-electron chi connectivity index (χ2n) is 6.97. The Labute approximate surface area is 182 Å². The van der Waals surface area contributed by atoms with Crippen LogP contribution in [0, 0.1) is 5.92 Å². The number of urea groups is 1. The number of pyridine rings is 1. The van der Waals surface area contributed by atoms with Gasteiger partial charge in [0.25, 0.3) is 5.91 Å². The smallest absolute Gasteiger partial charge is 0.321 e. The zero-order valence-corrected chi connectivity index (χ0v) is 17.1. The van der Waals surface area contributed by atoms with Crippen LogP contribution in [0.15, 0.2) is 54.4 Å². The summed E-state index contributed by atoms with van der Waals surface area (Å²) in [5.74, 6) is -3.22. The average Bonchev–Trinajstić information content (AvgIpc) is 2.75. The van der Waals surface area contributed by atoms with Gasteiger partial charge in [0.05, 0.1) is 30.8 Å². The van der Waals surface area contributed by atoms with Crippen molar-refractivity contribution in [2.45, 2.75) is 5.92 Å². The van der Waals surface area contributed by atoms with Crippen LogP contribution in [0.2, 0.25) is 5.02 Å². The van der Waals surface area contributed by atoms with E-state index in [1.54, 1.807) is 30.3 Å². The average molecular weight is 441 g/mol. The lowest BCUT2D eigenvalue weighted by atomic mass is 9.85. The molecule has 3 heterocycles. The molecule has 2 N–H and O–H groups in total. The number of carbonyl (C=O) groups is 4. The van der Waals surface area contributed by atoms with Crippen molar-refractivity contribution in [3.05, 3.63) is 65.0 Å². The van der Waals surface area contributed by atoms with E-state index >= 15 is 0 Å². The lowest BCUT2D eigenvalue weighted by molar-refractivity contribution is -0.129. The molecule has 31 heavy (non-hydrogen) atoms. The molecular formula is C21H17ClN4O5. The van der Waals surface area contributed by atoms with E-state index in [9.17, 15) is 19.2 Å². The third-order valence-corrected chi connectivity index (χ3v) is 5.29. The molecule has 0 saturated carbocycles. The lowest BCUT2D eigenvalue weighted by Gasteiger charge is -2.33. The van der Waals surface area contributed by atoms with Crippen LogP contribution in [0.4, 0.5) is 10.5 Å². The topological polar surface area (TPSA) is 118 Å². The highest BCUT2D eigenvalue weighted by Gasteiger charge is 2.43. The molecule has 2 aromatic rings. The summed E-state index contributed by atoms with van der Waals surface area (Å²) in [6.45, 7) is -0.0666. The Morgan fingerprint density at radius 1 is 1.19 bits per heavy atom. The van der Waals surface area contributed by atoms with E-state index in [2.05, 4.69) is 15.6 Å².